The number of carboxylic acid groups (broad SMARTS) is 1. The average molecular weight is 340 g/mol. The van der Waals surface area contributed by atoms with E-state index in [1.807, 2.05) is 43.3 Å². The van der Waals surface area contributed by atoms with Gasteiger partial charge in [-0.2, -0.15) is 4.98 Å². The van der Waals surface area contributed by atoms with Crippen molar-refractivity contribution in [1.29, 1.82) is 0 Å². The van der Waals surface area contributed by atoms with Gasteiger partial charge in [0, 0.05) is 26.0 Å². The summed E-state index contributed by atoms with van der Waals surface area (Å²) in [5, 5.41) is 13.9. The van der Waals surface area contributed by atoms with Crippen molar-refractivity contribution >= 4 is 28.6 Å². The Morgan fingerprint density at radius 3 is 2.56 bits per heavy atom. The van der Waals surface area contributed by atoms with Gasteiger partial charge >= 0.3 is 5.97 Å². The summed E-state index contributed by atoms with van der Waals surface area (Å²) < 4.78 is 0. The van der Waals surface area contributed by atoms with E-state index in [1.165, 1.54) is 19.3 Å². The first-order valence-electron chi connectivity index (χ1n) is 8.85. The predicted molar refractivity (Wildman–Crippen MR) is 97.9 cm³/mol. The van der Waals surface area contributed by atoms with Gasteiger partial charge < -0.3 is 15.3 Å². The molecular formula is C19H24N4O2. The van der Waals surface area contributed by atoms with Gasteiger partial charge in [0.15, 0.2) is 0 Å². The maximum absolute atomic E-state index is 11.9. The number of rotatable bonds is 5. The van der Waals surface area contributed by atoms with Gasteiger partial charge in [0.1, 0.15) is 5.82 Å². The summed E-state index contributed by atoms with van der Waals surface area (Å²) in [7, 11) is 3.90. The molecule has 4 rings (SSSR count). The minimum absolute atomic E-state index is 0.305. The van der Waals surface area contributed by atoms with E-state index in [4.69, 9.17) is 0 Å². The standard InChI is InChI=1S/C19H24N4O2/c1-23(2)15-13-6-3-4-7-14(13)21-17(22-15)20-12-19(16(24)25)10-18(11-19)8-5-9-18/h3-4,6-7H,5,8-12H2,1-2H3,(H,24,25)(H,20,21,22). The zero-order valence-corrected chi connectivity index (χ0v) is 14.7. The molecule has 0 bridgehead atoms. The summed E-state index contributed by atoms with van der Waals surface area (Å²) >= 11 is 0. The second-order valence-corrected chi connectivity index (χ2v) is 7.93. The zero-order valence-electron chi connectivity index (χ0n) is 14.7. The summed E-state index contributed by atoms with van der Waals surface area (Å²) in [5.74, 6) is 0.630. The Balaban J connectivity index is 1.57. The lowest BCUT2D eigenvalue weighted by Crippen LogP contribution is -2.57. The maximum atomic E-state index is 11.9. The molecule has 0 unspecified atom stereocenters. The van der Waals surface area contributed by atoms with Crippen LogP contribution < -0.4 is 10.2 Å². The van der Waals surface area contributed by atoms with Crippen LogP contribution in [0.2, 0.25) is 0 Å². The van der Waals surface area contributed by atoms with E-state index in [0.29, 0.717) is 17.9 Å². The minimum Gasteiger partial charge on any atom is -0.481 e. The van der Waals surface area contributed by atoms with Crippen LogP contribution in [-0.4, -0.2) is 41.7 Å². The Morgan fingerprint density at radius 2 is 1.96 bits per heavy atom. The van der Waals surface area contributed by atoms with Gasteiger partial charge in [0.2, 0.25) is 5.95 Å². The summed E-state index contributed by atoms with van der Waals surface area (Å²) in [6.07, 6.45) is 5.15. The molecule has 0 atom stereocenters. The summed E-state index contributed by atoms with van der Waals surface area (Å²) in [6.45, 7) is 0.384. The summed E-state index contributed by atoms with van der Waals surface area (Å²) in [5.41, 5.74) is 0.490. The molecule has 25 heavy (non-hydrogen) atoms. The number of nitrogens with zero attached hydrogens (tertiary/aromatic N) is 3. The number of anilines is 2. The van der Waals surface area contributed by atoms with Gasteiger partial charge in [-0.1, -0.05) is 18.6 Å². The zero-order chi connectivity index (χ0) is 17.7. The quantitative estimate of drug-likeness (QED) is 0.870. The van der Waals surface area contributed by atoms with E-state index >= 15 is 0 Å². The van der Waals surface area contributed by atoms with Crippen LogP contribution in [0.15, 0.2) is 24.3 Å². The van der Waals surface area contributed by atoms with E-state index < -0.39 is 11.4 Å². The highest BCUT2D eigenvalue weighted by Crippen LogP contribution is 2.64. The lowest BCUT2D eigenvalue weighted by atomic mass is 9.45. The molecule has 1 aromatic carbocycles. The third kappa shape index (κ3) is 2.60. The number of aliphatic carboxylic acids is 1. The molecule has 0 aliphatic heterocycles. The molecule has 2 aliphatic carbocycles. The van der Waals surface area contributed by atoms with Gasteiger partial charge in [-0.25, -0.2) is 4.98 Å². The Kier molecular flexibility index (Phi) is 3.60. The molecule has 6 heteroatoms. The number of carboxylic acids is 1. The Bertz CT molecular complexity index is 821. The lowest BCUT2D eigenvalue weighted by molar-refractivity contribution is -0.171. The molecule has 0 amide bonds. The first-order chi connectivity index (χ1) is 11.9. The summed E-state index contributed by atoms with van der Waals surface area (Å²) in [4.78, 5) is 23.0. The average Bonchev–Trinajstić information content (AvgIpc) is 2.51. The van der Waals surface area contributed by atoms with Crippen molar-refractivity contribution in [3.05, 3.63) is 24.3 Å². The van der Waals surface area contributed by atoms with E-state index in [0.717, 1.165) is 29.6 Å². The normalized spacial score (nSPS) is 19.9. The molecule has 1 spiro atoms. The predicted octanol–water partition coefficient (Wildman–Crippen LogP) is 3.14. The Labute approximate surface area is 147 Å². The Morgan fingerprint density at radius 1 is 1.24 bits per heavy atom. The van der Waals surface area contributed by atoms with Crippen LogP contribution in [0, 0.1) is 10.8 Å². The van der Waals surface area contributed by atoms with Crippen molar-refractivity contribution in [3.8, 4) is 0 Å². The van der Waals surface area contributed by atoms with Crippen LogP contribution in [0.1, 0.15) is 32.1 Å². The van der Waals surface area contributed by atoms with Gasteiger partial charge in [-0.3, -0.25) is 4.79 Å². The fraction of sp³-hybridized carbons (Fsp3) is 0.526. The van der Waals surface area contributed by atoms with Crippen molar-refractivity contribution < 1.29 is 9.90 Å². The van der Waals surface area contributed by atoms with Crippen molar-refractivity contribution in [2.45, 2.75) is 32.1 Å². The second kappa shape index (κ2) is 5.58. The summed E-state index contributed by atoms with van der Waals surface area (Å²) in [6, 6.07) is 7.87. The van der Waals surface area contributed by atoms with Crippen molar-refractivity contribution in [3.63, 3.8) is 0 Å². The third-order valence-corrected chi connectivity index (χ3v) is 5.89. The van der Waals surface area contributed by atoms with Crippen LogP contribution in [0.3, 0.4) is 0 Å². The first kappa shape index (κ1) is 16.1. The molecule has 2 aromatic rings. The number of fused-ring (bicyclic) bond motifs is 1. The molecule has 0 saturated heterocycles. The highest BCUT2D eigenvalue weighted by atomic mass is 16.4. The van der Waals surface area contributed by atoms with Crippen LogP contribution in [-0.2, 0) is 4.79 Å². The lowest BCUT2D eigenvalue weighted by Gasteiger charge is -2.59. The number of para-hydroxylation sites is 1. The number of aromatic nitrogens is 2. The molecule has 6 nitrogen and oxygen atoms in total. The molecule has 1 aromatic heterocycles. The Hall–Kier alpha value is -2.37. The van der Waals surface area contributed by atoms with Crippen LogP contribution in [0.25, 0.3) is 10.9 Å². The molecule has 2 fully saturated rings. The smallest absolute Gasteiger partial charge is 0.311 e. The highest BCUT2D eigenvalue weighted by molar-refractivity contribution is 5.90. The van der Waals surface area contributed by atoms with E-state index in [2.05, 4.69) is 15.3 Å². The number of benzene rings is 1. The van der Waals surface area contributed by atoms with E-state index in [-0.39, 0.29) is 0 Å². The molecule has 1 heterocycles. The number of nitrogens with one attached hydrogen (secondary N) is 1. The first-order valence-corrected chi connectivity index (χ1v) is 8.85. The van der Waals surface area contributed by atoms with E-state index in [9.17, 15) is 9.90 Å². The molecule has 132 valence electrons. The van der Waals surface area contributed by atoms with Gasteiger partial charge in [0.25, 0.3) is 0 Å². The van der Waals surface area contributed by atoms with Crippen molar-refractivity contribution in [1.82, 2.24) is 9.97 Å². The maximum Gasteiger partial charge on any atom is 0.311 e. The number of hydrogen-bond donors (Lipinski definition) is 2. The van der Waals surface area contributed by atoms with E-state index in [1.54, 1.807) is 0 Å². The monoisotopic (exact) mass is 340 g/mol. The fourth-order valence-electron chi connectivity index (χ4n) is 4.49. The minimum atomic E-state index is -0.703. The SMILES string of the molecule is CN(C)c1nc(NCC2(C(=O)O)CC3(CCC3)C2)nc2ccccc12. The highest BCUT2D eigenvalue weighted by Gasteiger charge is 2.60. The van der Waals surface area contributed by atoms with Crippen molar-refractivity contribution in [2.75, 3.05) is 30.9 Å². The number of carbonyl (C=O) groups is 1. The van der Waals surface area contributed by atoms with Crippen LogP contribution >= 0.6 is 0 Å². The largest absolute Gasteiger partial charge is 0.481 e. The van der Waals surface area contributed by atoms with Gasteiger partial charge in [0.05, 0.1) is 10.9 Å². The van der Waals surface area contributed by atoms with Gasteiger partial charge in [-0.05, 0) is 43.2 Å². The van der Waals surface area contributed by atoms with Crippen LogP contribution in [0.5, 0.6) is 0 Å². The van der Waals surface area contributed by atoms with Crippen molar-refractivity contribution in [2.24, 2.45) is 10.8 Å². The van der Waals surface area contributed by atoms with Crippen LogP contribution in [0.4, 0.5) is 11.8 Å². The molecule has 2 saturated carbocycles. The number of hydrogen-bond acceptors (Lipinski definition) is 5. The molecular weight excluding hydrogens is 316 g/mol. The fourth-order valence-corrected chi connectivity index (χ4v) is 4.49. The molecule has 2 aliphatic rings. The molecule has 2 N–H and O–H groups in total. The third-order valence-electron chi connectivity index (χ3n) is 5.89. The second-order valence-electron chi connectivity index (χ2n) is 7.93. The van der Waals surface area contributed by atoms with Gasteiger partial charge in [-0.15, -0.1) is 0 Å². The molecule has 0 radical (unpaired) electrons. The topological polar surface area (TPSA) is 78.4 Å².